The molecule has 4 rings (SSSR count). The van der Waals surface area contributed by atoms with Crippen molar-refractivity contribution >= 4 is 16.9 Å². The van der Waals surface area contributed by atoms with Crippen LogP contribution in [0, 0.1) is 5.41 Å². The van der Waals surface area contributed by atoms with Gasteiger partial charge >= 0.3 is 0 Å². The lowest BCUT2D eigenvalue weighted by atomic mass is 9.79. The number of amides is 1. The molecular formula is C20H26N4O2. The quantitative estimate of drug-likeness (QED) is 0.842. The van der Waals surface area contributed by atoms with Crippen LogP contribution in [0.25, 0.3) is 11.0 Å². The number of hydrogen-bond acceptors (Lipinski definition) is 5. The maximum atomic E-state index is 13.2. The number of aromatic nitrogens is 2. The van der Waals surface area contributed by atoms with Crippen molar-refractivity contribution in [1.82, 2.24) is 19.8 Å². The number of piperidine rings is 1. The second-order valence-corrected chi connectivity index (χ2v) is 7.58. The molecule has 1 aromatic carbocycles. The highest BCUT2D eigenvalue weighted by Gasteiger charge is 2.42. The van der Waals surface area contributed by atoms with Gasteiger partial charge in [0.2, 0.25) is 0 Å². The van der Waals surface area contributed by atoms with Crippen LogP contribution in [0.4, 0.5) is 0 Å². The lowest BCUT2D eigenvalue weighted by Gasteiger charge is -2.40. The molecule has 138 valence electrons. The highest BCUT2D eigenvalue weighted by molar-refractivity contribution is 6.04. The van der Waals surface area contributed by atoms with Crippen molar-refractivity contribution in [2.24, 2.45) is 5.41 Å². The zero-order valence-electron chi connectivity index (χ0n) is 15.4. The molecule has 0 aliphatic carbocycles. The topological polar surface area (TPSA) is 58.6 Å². The average Bonchev–Trinajstić information content (AvgIpc) is 3.08. The highest BCUT2D eigenvalue weighted by atomic mass is 16.5. The summed E-state index contributed by atoms with van der Waals surface area (Å²) < 4.78 is 5.23. The normalized spacial score (nSPS) is 23.8. The van der Waals surface area contributed by atoms with Crippen molar-refractivity contribution in [2.45, 2.75) is 19.3 Å². The molecule has 2 fully saturated rings. The molecule has 0 unspecified atom stereocenters. The molecule has 0 bridgehead atoms. The molecule has 1 aromatic heterocycles. The number of benzene rings is 1. The maximum Gasteiger partial charge on any atom is 0.256 e. The third kappa shape index (κ3) is 3.31. The molecule has 0 saturated carbocycles. The van der Waals surface area contributed by atoms with E-state index in [1.807, 2.05) is 23.1 Å². The number of methoxy groups -OCH3 is 1. The van der Waals surface area contributed by atoms with Crippen LogP contribution < -0.4 is 0 Å². The molecule has 6 heteroatoms. The van der Waals surface area contributed by atoms with E-state index < -0.39 is 0 Å². The Morgan fingerprint density at radius 1 is 1.19 bits per heavy atom. The number of ether oxygens (including phenoxy) is 1. The van der Waals surface area contributed by atoms with Crippen LogP contribution in [-0.2, 0) is 4.74 Å². The number of rotatable bonds is 4. The number of carbonyl (C=O) groups is 1. The summed E-state index contributed by atoms with van der Waals surface area (Å²) in [5, 5.41) is 0. The Morgan fingerprint density at radius 2 is 2.08 bits per heavy atom. The predicted octanol–water partition coefficient (Wildman–Crippen LogP) is 2.20. The molecule has 2 saturated heterocycles. The van der Waals surface area contributed by atoms with Crippen molar-refractivity contribution in [3.8, 4) is 0 Å². The van der Waals surface area contributed by atoms with Gasteiger partial charge in [-0.25, -0.2) is 0 Å². The van der Waals surface area contributed by atoms with Crippen LogP contribution in [0.1, 0.15) is 29.6 Å². The van der Waals surface area contributed by atoms with Gasteiger partial charge in [-0.3, -0.25) is 14.8 Å². The summed E-state index contributed by atoms with van der Waals surface area (Å²) in [6.45, 7) is 5.62. The molecule has 26 heavy (non-hydrogen) atoms. The van der Waals surface area contributed by atoms with Gasteiger partial charge in [0.05, 0.1) is 17.7 Å². The Hall–Kier alpha value is -2.05. The van der Waals surface area contributed by atoms with E-state index in [1.165, 1.54) is 12.8 Å². The maximum absolute atomic E-state index is 13.2. The van der Waals surface area contributed by atoms with Crippen LogP contribution in [0.2, 0.25) is 0 Å². The van der Waals surface area contributed by atoms with Gasteiger partial charge in [0.1, 0.15) is 5.52 Å². The summed E-state index contributed by atoms with van der Waals surface area (Å²) >= 11 is 0. The lowest BCUT2D eigenvalue weighted by Crippen LogP contribution is -2.46. The second-order valence-electron chi connectivity index (χ2n) is 7.58. The van der Waals surface area contributed by atoms with Crippen molar-refractivity contribution < 1.29 is 9.53 Å². The minimum atomic E-state index is 0.0852. The molecule has 1 amide bonds. The zero-order chi connectivity index (χ0) is 18.0. The highest BCUT2D eigenvalue weighted by Crippen LogP contribution is 2.39. The molecule has 1 atom stereocenters. The summed E-state index contributed by atoms with van der Waals surface area (Å²) in [5.41, 5.74) is 2.37. The molecule has 2 aliphatic rings. The molecule has 0 N–H and O–H groups in total. The standard InChI is InChI=1S/C20H26N4O2/c1-26-13-12-23-10-3-6-20(14-23)7-11-24(15-20)19(25)16-4-2-5-17-18(16)22-9-8-21-17/h2,4-5,8-9H,3,6-7,10-15H2,1H3/t20-/m0/s1. The van der Waals surface area contributed by atoms with E-state index in [-0.39, 0.29) is 11.3 Å². The first-order chi connectivity index (χ1) is 12.7. The van der Waals surface area contributed by atoms with Gasteiger partial charge in [-0.2, -0.15) is 0 Å². The Labute approximate surface area is 154 Å². The molecule has 2 aliphatic heterocycles. The predicted molar refractivity (Wildman–Crippen MR) is 100 cm³/mol. The monoisotopic (exact) mass is 354 g/mol. The summed E-state index contributed by atoms with van der Waals surface area (Å²) in [6.07, 6.45) is 6.80. The summed E-state index contributed by atoms with van der Waals surface area (Å²) in [7, 11) is 1.75. The van der Waals surface area contributed by atoms with Gasteiger partial charge in [-0.05, 0) is 37.9 Å². The summed E-state index contributed by atoms with van der Waals surface area (Å²) in [6, 6.07) is 5.67. The molecule has 1 spiro atoms. The fourth-order valence-electron chi connectivity index (χ4n) is 4.50. The molecule has 0 radical (unpaired) electrons. The first-order valence-corrected chi connectivity index (χ1v) is 9.41. The Bertz CT molecular complexity index is 791. The largest absolute Gasteiger partial charge is 0.383 e. The van der Waals surface area contributed by atoms with Crippen LogP contribution in [0.3, 0.4) is 0 Å². The van der Waals surface area contributed by atoms with Gasteiger partial charge in [-0.1, -0.05) is 6.07 Å². The first-order valence-electron chi connectivity index (χ1n) is 9.41. The molecule has 6 nitrogen and oxygen atoms in total. The SMILES string of the molecule is COCCN1CCC[C@]2(CCN(C(=O)c3cccc4nccnc34)C2)C1. The number of para-hydroxylation sites is 1. The van der Waals surface area contributed by atoms with Gasteiger partial charge in [0.25, 0.3) is 5.91 Å². The van der Waals surface area contributed by atoms with Crippen molar-refractivity contribution in [3.63, 3.8) is 0 Å². The van der Waals surface area contributed by atoms with Crippen LogP contribution in [0.5, 0.6) is 0 Å². The minimum Gasteiger partial charge on any atom is -0.383 e. The third-order valence-electron chi connectivity index (χ3n) is 5.81. The van der Waals surface area contributed by atoms with E-state index in [1.54, 1.807) is 19.5 Å². The number of nitrogens with zero attached hydrogens (tertiary/aromatic N) is 4. The van der Waals surface area contributed by atoms with Crippen molar-refractivity contribution in [1.29, 1.82) is 0 Å². The molecule has 2 aromatic rings. The minimum absolute atomic E-state index is 0.0852. The van der Waals surface area contributed by atoms with Gasteiger partial charge < -0.3 is 14.5 Å². The third-order valence-corrected chi connectivity index (χ3v) is 5.81. The van der Waals surface area contributed by atoms with Crippen LogP contribution in [0.15, 0.2) is 30.6 Å². The van der Waals surface area contributed by atoms with E-state index in [4.69, 9.17) is 4.74 Å². The fourth-order valence-corrected chi connectivity index (χ4v) is 4.50. The zero-order valence-corrected chi connectivity index (χ0v) is 15.4. The average molecular weight is 354 g/mol. The molecular weight excluding hydrogens is 328 g/mol. The smallest absolute Gasteiger partial charge is 0.256 e. The van der Waals surface area contributed by atoms with Crippen molar-refractivity contribution in [2.75, 3.05) is 46.4 Å². The summed E-state index contributed by atoms with van der Waals surface area (Å²) in [5.74, 6) is 0.0852. The first kappa shape index (κ1) is 17.4. The second kappa shape index (κ2) is 7.29. The van der Waals surface area contributed by atoms with Crippen LogP contribution >= 0.6 is 0 Å². The van der Waals surface area contributed by atoms with Crippen molar-refractivity contribution in [3.05, 3.63) is 36.2 Å². The van der Waals surface area contributed by atoms with E-state index in [0.29, 0.717) is 11.1 Å². The lowest BCUT2D eigenvalue weighted by molar-refractivity contribution is 0.0602. The van der Waals surface area contributed by atoms with E-state index in [2.05, 4.69) is 14.9 Å². The van der Waals surface area contributed by atoms with E-state index in [0.717, 1.165) is 51.3 Å². The Morgan fingerprint density at radius 3 is 2.96 bits per heavy atom. The van der Waals surface area contributed by atoms with E-state index >= 15 is 0 Å². The number of likely N-dealkylation sites (tertiary alicyclic amines) is 2. The summed E-state index contributed by atoms with van der Waals surface area (Å²) in [4.78, 5) is 26.4. The fraction of sp³-hybridized carbons (Fsp3) is 0.550. The number of carbonyl (C=O) groups excluding carboxylic acids is 1. The number of hydrogen-bond donors (Lipinski definition) is 0. The van der Waals surface area contributed by atoms with E-state index in [9.17, 15) is 4.79 Å². The van der Waals surface area contributed by atoms with Gasteiger partial charge in [0.15, 0.2) is 0 Å². The van der Waals surface area contributed by atoms with Crippen LogP contribution in [-0.4, -0.2) is 72.1 Å². The Balaban J connectivity index is 1.50. The number of fused-ring (bicyclic) bond motifs is 1. The van der Waals surface area contributed by atoms with Gasteiger partial charge in [0, 0.05) is 51.1 Å². The van der Waals surface area contributed by atoms with Gasteiger partial charge in [-0.15, -0.1) is 0 Å². The Kier molecular flexibility index (Phi) is 4.87. The molecule has 3 heterocycles.